The smallest absolute Gasteiger partial charge is 0.210 e. The van der Waals surface area contributed by atoms with Crippen LogP contribution in [0.3, 0.4) is 0 Å². The molecule has 4 N–H and O–H groups in total. The maximum Gasteiger partial charge on any atom is 0.210 e. The first-order valence-electron chi connectivity index (χ1n) is 5.32. The van der Waals surface area contributed by atoms with Gasteiger partial charge in [0.15, 0.2) is 0 Å². The number of aliphatic imine (C=N–C) groups is 1. The van der Waals surface area contributed by atoms with Crippen LogP contribution < -0.4 is 16.6 Å². The Labute approximate surface area is 110 Å². The molecule has 0 amide bonds. The zero-order chi connectivity index (χ0) is 13.5. The van der Waals surface area contributed by atoms with Crippen LogP contribution in [0.5, 0.6) is 0 Å². The fourth-order valence-electron chi connectivity index (χ4n) is 1.32. The molecule has 1 rings (SSSR count). The quantitative estimate of drug-likeness (QED) is 0.339. The lowest BCUT2D eigenvalue weighted by Gasteiger charge is -2.12. The van der Waals surface area contributed by atoms with E-state index in [1.165, 1.54) is 12.1 Å². The predicted octanol–water partition coefficient (Wildman–Crippen LogP) is 1.75. The Morgan fingerprint density at radius 2 is 2.33 bits per heavy atom. The average Bonchev–Trinajstić information content (AvgIpc) is 2.33. The van der Waals surface area contributed by atoms with E-state index in [1.807, 2.05) is 6.92 Å². The number of benzene rings is 1. The molecule has 1 unspecified atom stereocenters. The molecule has 0 radical (unpaired) electrons. The number of hydrogen-bond donors (Lipinski definition) is 3. The predicted molar refractivity (Wildman–Crippen MR) is 71.1 cm³/mol. The Bertz CT molecular complexity index is 428. The van der Waals surface area contributed by atoms with E-state index in [0.29, 0.717) is 18.3 Å². The van der Waals surface area contributed by atoms with Gasteiger partial charge in [-0.3, -0.25) is 5.43 Å². The Kier molecular flexibility index (Phi) is 5.84. The van der Waals surface area contributed by atoms with Crippen molar-refractivity contribution in [2.45, 2.75) is 13.0 Å². The minimum atomic E-state index is -0.511. The Hall–Kier alpha value is -1.37. The lowest BCUT2D eigenvalue weighted by atomic mass is 10.3. The summed E-state index contributed by atoms with van der Waals surface area (Å²) >= 11 is 5.59. The van der Waals surface area contributed by atoms with Gasteiger partial charge in [0, 0.05) is 12.8 Å². The highest BCUT2D eigenvalue weighted by molar-refractivity contribution is 6.30. The zero-order valence-corrected chi connectivity index (χ0v) is 11.0. The number of methoxy groups -OCH3 is 1. The summed E-state index contributed by atoms with van der Waals surface area (Å²) < 4.78 is 18.2. The number of guanidine groups is 1. The molecule has 0 fully saturated rings. The molecule has 7 heteroatoms. The van der Waals surface area contributed by atoms with Crippen molar-refractivity contribution in [2.24, 2.45) is 10.8 Å². The van der Waals surface area contributed by atoms with Crippen molar-refractivity contribution in [3.8, 4) is 0 Å². The summed E-state index contributed by atoms with van der Waals surface area (Å²) in [6, 6.07) is 4.26. The van der Waals surface area contributed by atoms with Crippen molar-refractivity contribution in [2.75, 3.05) is 19.0 Å². The highest BCUT2D eigenvalue weighted by Crippen LogP contribution is 2.18. The van der Waals surface area contributed by atoms with Gasteiger partial charge < -0.3 is 10.1 Å². The van der Waals surface area contributed by atoms with Gasteiger partial charge in [0.2, 0.25) is 5.96 Å². The summed E-state index contributed by atoms with van der Waals surface area (Å²) in [6.07, 6.45) is 0. The van der Waals surface area contributed by atoms with Crippen LogP contribution in [0.2, 0.25) is 5.02 Å². The van der Waals surface area contributed by atoms with E-state index in [9.17, 15) is 4.39 Å². The van der Waals surface area contributed by atoms with Gasteiger partial charge in [0.1, 0.15) is 5.82 Å². The third kappa shape index (κ3) is 4.48. The van der Waals surface area contributed by atoms with Crippen LogP contribution in [0.25, 0.3) is 0 Å². The maximum absolute atomic E-state index is 13.2. The third-order valence-corrected chi connectivity index (χ3v) is 2.38. The van der Waals surface area contributed by atoms with Gasteiger partial charge in [-0.1, -0.05) is 11.6 Å². The van der Waals surface area contributed by atoms with E-state index in [-0.39, 0.29) is 11.1 Å². The monoisotopic (exact) mass is 274 g/mol. The molecule has 1 aromatic rings. The van der Waals surface area contributed by atoms with E-state index in [4.69, 9.17) is 22.2 Å². The van der Waals surface area contributed by atoms with Crippen LogP contribution in [-0.2, 0) is 4.74 Å². The van der Waals surface area contributed by atoms with Gasteiger partial charge in [-0.25, -0.2) is 15.2 Å². The van der Waals surface area contributed by atoms with Crippen LogP contribution in [0, 0.1) is 5.82 Å². The lowest BCUT2D eigenvalue weighted by Crippen LogP contribution is -2.37. The highest BCUT2D eigenvalue weighted by atomic mass is 35.5. The highest BCUT2D eigenvalue weighted by Gasteiger charge is 2.05. The number of halogens is 2. The number of hydrogen-bond acceptors (Lipinski definition) is 3. The topological polar surface area (TPSA) is 71.7 Å². The van der Waals surface area contributed by atoms with Crippen molar-refractivity contribution >= 4 is 23.2 Å². The van der Waals surface area contributed by atoms with Gasteiger partial charge >= 0.3 is 0 Å². The summed E-state index contributed by atoms with van der Waals surface area (Å²) in [5.74, 6) is 5.14. The van der Waals surface area contributed by atoms with Gasteiger partial charge in [0.25, 0.3) is 0 Å². The molecule has 0 bridgehead atoms. The summed E-state index contributed by atoms with van der Waals surface area (Å²) in [5.41, 5.74) is 2.90. The lowest BCUT2D eigenvalue weighted by molar-refractivity contribution is 0.185. The van der Waals surface area contributed by atoms with Gasteiger partial charge in [-0.2, -0.15) is 0 Å². The molecule has 0 heterocycles. The molecule has 1 atom stereocenters. The molecular formula is C11H16ClFN4O. The van der Waals surface area contributed by atoms with E-state index in [0.717, 1.165) is 0 Å². The molecule has 0 saturated heterocycles. The van der Waals surface area contributed by atoms with Gasteiger partial charge in [0.05, 0.1) is 17.7 Å². The standard InChI is InChI=1S/C11H16ClFN4O/c1-7(6-18-2)15-11(17-14)16-8-3-4-9(12)10(13)5-8/h3-5,7H,6,14H2,1-2H3,(H2,15,16,17). The number of hydrazine groups is 1. The molecule has 18 heavy (non-hydrogen) atoms. The molecule has 0 aliphatic rings. The van der Waals surface area contributed by atoms with Gasteiger partial charge in [-0.05, 0) is 25.1 Å². The van der Waals surface area contributed by atoms with Crippen LogP contribution in [0.1, 0.15) is 6.92 Å². The number of ether oxygens (including phenoxy) is 1. The fourth-order valence-corrected chi connectivity index (χ4v) is 1.43. The third-order valence-electron chi connectivity index (χ3n) is 2.08. The molecular weight excluding hydrogens is 259 g/mol. The van der Waals surface area contributed by atoms with Crippen LogP contribution in [-0.4, -0.2) is 25.7 Å². The summed E-state index contributed by atoms with van der Waals surface area (Å²) in [6.45, 7) is 2.33. The average molecular weight is 275 g/mol. The number of nitrogens with zero attached hydrogens (tertiary/aromatic N) is 1. The van der Waals surface area contributed by atoms with Gasteiger partial charge in [-0.15, -0.1) is 0 Å². The Morgan fingerprint density at radius 3 is 2.89 bits per heavy atom. The SMILES string of the molecule is COCC(C)N=C(NN)Nc1ccc(Cl)c(F)c1. The Balaban J connectivity index is 2.76. The second-order valence-corrected chi connectivity index (χ2v) is 4.09. The fraction of sp³-hybridized carbons (Fsp3) is 0.364. The minimum Gasteiger partial charge on any atom is -0.382 e. The Morgan fingerprint density at radius 1 is 1.61 bits per heavy atom. The molecule has 0 aliphatic carbocycles. The van der Waals surface area contributed by atoms with Crippen LogP contribution in [0.4, 0.5) is 10.1 Å². The second kappa shape index (κ2) is 7.15. The number of anilines is 1. The molecule has 0 saturated carbocycles. The first-order chi connectivity index (χ1) is 8.56. The maximum atomic E-state index is 13.2. The second-order valence-electron chi connectivity index (χ2n) is 3.68. The molecule has 100 valence electrons. The summed E-state index contributed by atoms with van der Waals surface area (Å²) in [5, 5.41) is 2.91. The minimum absolute atomic E-state index is 0.0625. The van der Waals surface area contributed by atoms with E-state index >= 15 is 0 Å². The first-order valence-corrected chi connectivity index (χ1v) is 5.70. The van der Waals surface area contributed by atoms with E-state index in [1.54, 1.807) is 13.2 Å². The van der Waals surface area contributed by atoms with Crippen molar-refractivity contribution < 1.29 is 9.13 Å². The first kappa shape index (κ1) is 14.7. The molecule has 0 spiro atoms. The molecule has 1 aromatic carbocycles. The largest absolute Gasteiger partial charge is 0.382 e. The summed E-state index contributed by atoms with van der Waals surface area (Å²) in [7, 11) is 1.59. The van der Waals surface area contributed by atoms with Crippen LogP contribution >= 0.6 is 11.6 Å². The molecule has 0 aromatic heterocycles. The van der Waals surface area contributed by atoms with Crippen molar-refractivity contribution in [3.05, 3.63) is 29.0 Å². The van der Waals surface area contributed by atoms with E-state index in [2.05, 4.69) is 15.7 Å². The van der Waals surface area contributed by atoms with E-state index < -0.39 is 5.82 Å². The van der Waals surface area contributed by atoms with Crippen molar-refractivity contribution in [1.82, 2.24) is 5.43 Å². The molecule has 5 nitrogen and oxygen atoms in total. The number of nitrogens with one attached hydrogen (secondary N) is 2. The van der Waals surface area contributed by atoms with Crippen molar-refractivity contribution in [1.29, 1.82) is 0 Å². The van der Waals surface area contributed by atoms with Crippen LogP contribution in [0.15, 0.2) is 23.2 Å². The normalized spacial score (nSPS) is 13.3. The number of rotatable bonds is 4. The number of nitrogens with two attached hydrogens (primary N) is 1. The van der Waals surface area contributed by atoms with Crippen molar-refractivity contribution in [3.63, 3.8) is 0 Å². The zero-order valence-electron chi connectivity index (χ0n) is 10.2. The summed E-state index contributed by atoms with van der Waals surface area (Å²) in [4.78, 5) is 4.22. The molecule has 0 aliphatic heterocycles.